The second-order valence-electron chi connectivity index (χ2n) is 4.87. The molecular formula is C14H21N4NaO4. The number of rotatable bonds is 9. The van der Waals surface area contributed by atoms with E-state index in [1.807, 2.05) is 0 Å². The topological polar surface area (TPSA) is 155 Å². The Balaban J connectivity index is 0.00000484. The fraction of sp³-hybridized carbons (Fsp3) is 0.429. The van der Waals surface area contributed by atoms with Crippen LogP contribution in [-0.4, -0.2) is 41.3 Å². The van der Waals surface area contributed by atoms with Crippen LogP contribution < -0.4 is 51.0 Å². The van der Waals surface area contributed by atoms with Gasteiger partial charge >= 0.3 is 29.6 Å². The van der Waals surface area contributed by atoms with Crippen molar-refractivity contribution in [2.45, 2.75) is 25.3 Å². The number of benzene rings is 1. The summed E-state index contributed by atoms with van der Waals surface area (Å²) < 4.78 is 0. The number of phenolic OH excluding ortho intramolecular Hbond substituents is 2. The van der Waals surface area contributed by atoms with Crippen molar-refractivity contribution in [2.24, 2.45) is 5.73 Å². The third-order valence-electron chi connectivity index (χ3n) is 3.12. The minimum atomic E-state index is -1.20. The average Bonchev–Trinajstić information content (AvgIpc) is 2.42. The Labute approximate surface area is 156 Å². The molecule has 1 atom stereocenters. The van der Waals surface area contributed by atoms with Gasteiger partial charge in [-0.25, -0.2) is 0 Å². The number of nitrogens with two attached hydrogens (primary N) is 1. The van der Waals surface area contributed by atoms with E-state index in [0.717, 1.165) is 0 Å². The molecule has 0 aromatic heterocycles. The maximum Gasteiger partial charge on any atom is 1.00 e. The number of carbonyl (C=O) groups is 1. The third kappa shape index (κ3) is 8.65. The number of guanidine groups is 1. The van der Waals surface area contributed by atoms with Gasteiger partial charge in [0.1, 0.15) is 11.5 Å². The largest absolute Gasteiger partial charge is 1.00 e. The van der Waals surface area contributed by atoms with Crippen molar-refractivity contribution in [3.63, 3.8) is 0 Å². The number of phenols is 2. The molecule has 0 saturated carbocycles. The quantitative estimate of drug-likeness (QED) is 0.115. The van der Waals surface area contributed by atoms with E-state index in [2.05, 4.69) is 10.6 Å². The molecule has 1 rings (SSSR count). The fourth-order valence-corrected chi connectivity index (χ4v) is 1.98. The molecule has 0 aliphatic carbocycles. The first-order chi connectivity index (χ1) is 10.4. The summed E-state index contributed by atoms with van der Waals surface area (Å²) in [6.45, 7) is 0.761. The molecule has 0 bridgehead atoms. The zero-order chi connectivity index (χ0) is 16.5. The molecule has 0 heterocycles. The number of carboxylic acid groups (broad SMARTS) is 1. The Kier molecular flexibility index (Phi) is 10.4. The van der Waals surface area contributed by atoms with Crippen molar-refractivity contribution < 1.29 is 49.7 Å². The molecule has 0 amide bonds. The van der Waals surface area contributed by atoms with Crippen molar-refractivity contribution in [1.82, 2.24) is 10.6 Å². The summed E-state index contributed by atoms with van der Waals surface area (Å²) >= 11 is 0. The van der Waals surface area contributed by atoms with Gasteiger partial charge in [0.2, 0.25) is 0 Å². The molecule has 8 nitrogen and oxygen atoms in total. The standard InChI is InChI=1S/C14H22N4O4.Na/c15-14(16)18-6-1-2-11(13(21)22)17-7-5-9-3-4-10(19)8-12(9)20;/h3-4,8,11,17,19-20H,1-2,5-7H2,(H,21,22)(H4,15,16,18);/q;+1/p-1/t11-;/m0./s1. The molecule has 122 valence electrons. The zero-order valence-electron chi connectivity index (χ0n) is 13.1. The smallest absolute Gasteiger partial charge is 0.548 e. The molecule has 1 aromatic rings. The Morgan fingerprint density at radius 2 is 2.04 bits per heavy atom. The molecule has 0 unspecified atom stereocenters. The molecular weight excluding hydrogens is 311 g/mol. The summed E-state index contributed by atoms with van der Waals surface area (Å²) in [4.78, 5) is 11.0. The molecule has 0 fully saturated rings. The van der Waals surface area contributed by atoms with Crippen LogP contribution in [0.4, 0.5) is 0 Å². The molecule has 0 spiro atoms. The average molecular weight is 332 g/mol. The minimum absolute atomic E-state index is 0. The van der Waals surface area contributed by atoms with Crippen LogP contribution in [0.2, 0.25) is 0 Å². The van der Waals surface area contributed by atoms with Crippen molar-refractivity contribution in [1.29, 1.82) is 5.41 Å². The van der Waals surface area contributed by atoms with E-state index in [0.29, 0.717) is 37.9 Å². The van der Waals surface area contributed by atoms with Crippen LogP contribution in [0.5, 0.6) is 11.5 Å². The molecule has 0 aliphatic rings. The summed E-state index contributed by atoms with van der Waals surface area (Å²) in [7, 11) is 0. The Hall–Kier alpha value is -1.48. The number of hydrogen-bond acceptors (Lipinski definition) is 6. The van der Waals surface area contributed by atoms with Crippen LogP contribution >= 0.6 is 0 Å². The number of aliphatic carboxylic acids is 1. The van der Waals surface area contributed by atoms with Gasteiger partial charge < -0.3 is 36.5 Å². The summed E-state index contributed by atoms with van der Waals surface area (Å²) in [6.07, 6.45) is 1.28. The number of hydrogen-bond donors (Lipinski definition) is 6. The van der Waals surface area contributed by atoms with Gasteiger partial charge in [-0.15, -0.1) is 0 Å². The van der Waals surface area contributed by atoms with Gasteiger partial charge in [0.05, 0.1) is 5.97 Å². The zero-order valence-corrected chi connectivity index (χ0v) is 15.1. The van der Waals surface area contributed by atoms with E-state index in [9.17, 15) is 20.1 Å². The van der Waals surface area contributed by atoms with Crippen LogP contribution in [0, 0.1) is 5.41 Å². The van der Waals surface area contributed by atoms with Crippen LogP contribution in [0.1, 0.15) is 18.4 Å². The second-order valence-corrected chi connectivity index (χ2v) is 4.87. The first kappa shape index (κ1) is 21.5. The van der Waals surface area contributed by atoms with Crippen molar-refractivity contribution >= 4 is 11.9 Å². The van der Waals surface area contributed by atoms with E-state index in [1.165, 1.54) is 12.1 Å². The normalized spacial score (nSPS) is 11.3. The van der Waals surface area contributed by atoms with E-state index in [1.54, 1.807) is 6.07 Å². The number of carboxylic acids is 1. The van der Waals surface area contributed by atoms with Crippen molar-refractivity contribution in [3.8, 4) is 11.5 Å². The maximum atomic E-state index is 11.0. The summed E-state index contributed by atoms with van der Waals surface area (Å²) in [5.74, 6) is -1.41. The first-order valence-corrected chi connectivity index (χ1v) is 6.93. The molecule has 1 aromatic carbocycles. The Morgan fingerprint density at radius 3 is 2.61 bits per heavy atom. The number of carbonyl (C=O) groups excluding carboxylic acids is 1. The van der Waals surface area contributed by atoms with Crippen LogP contribution in [0.25, 0.3) is 0 Å². The molecule has 9 heteroatoms. The monoisotopic (exact) mass is 332 g/mol. The fourth-order valence-electron chi connectivity index (χ4n) is 1.98. The predicted octanol–water partition coefficient (Wildman–Crippen LogP) is -4.38. The van der Waals surface area contributed by atoms with E-state index < -0.39 is 12.0 Å². The van der Waals surface area contributed by atoms with Gasteiger partial charge in [0, 0.05) is 18.7 Å². The van der Waals surface area contributed by atoms with Gasteiger partial charge in [-0.2, -0.15) is 0 Å². The van der Waals surface area contributed by atoms with Crippen LogP contribution in [-0.2, 0) is 11.2 Å². The van der Waals surface area contributed by atoms with Gasteiger partial charge in [0.15, 0.2) is 5.96 Å². The number of aromatic hydroxyl groups is 2. The van der Waals surface area contributed by atoms with Crippen molar-refractivity contribution in [3.05, 3.63) is 23.8 Å². The second kappa shape index (κ2) is 11.1. The van der Waals surface area contributed by atoms with Crippen LogP contribution in [0.15, 0.2) is 18.2 Å². The summed E-state index contributed by atoms with van der Waals surface area (Å²) in [5.41, 5.74) is 5.74. The van der Waals surface area contributed by atoms with E-state index >= 15 is 0 Å². The number of nitrogens with one attached hydrogen (secondary N) is 3. The van der Waals surface area contributed by atoms with Gasteiger partial charge in [-0.3, -0.25) is 5.41 Å². The molecule has 23 heavy (non-hydrogen) atoms. The SMILES string of the molecule is N=C(N)NCCC[C@H](NCCc1ccc(O)cc1O)C(=O)[O-].[Na+]. The summed E-state index contributed by atoms with van der Waals surface area (Å²) in [6, 6.07) is 3.46. The molecule has 7 N–H and O–H groups in total. The third-order valence-corrected chi connectivity index (χ3v) is 3.12. The minimum Gasteiger partial charge on any atom is -0.548 e. The molecule has 0 saturated heterocycles. The van der Waals surface area contributed by atoms with Gasteiger partial charge in [0.25, 0.3) is 0 Å². The Morgan fingerprint density at radius 1 is 1.35 bits per heavy atom. The van der Waals surface area contributed by atoms with Gasteiger partial charge in [-0.05, 0) is 37.4 Å². The van der Waals surface area contributed by atoms with Gasteiger partial charge in [-0.1, -0.05) is 6.07 Å². The maximum absolute atomic E-state index is 11.0. The molecule has 0 radical (unpaired) electrons. The predicted molar refractivity (Wildman–Crippen MR) is 79.4 cm³/mol. The summed E-state index contributed by atoms with van der Waals surface area (Å²) in [5, 5.41) is 42.3. The first-order valence-electron chi connectivity index (χ1n) is 6.93. The van der Waals surface area contributed by atoms with Crippen LogP contribution in [0.3, 0.4) is 0 Å². The molecule has 0 aliphatic heterocycles. The van der Waals surface area contributed by atoms with E-state index in [4.69, 9.17) is 11.1 Å². The van der Waals surface area contributed by atoms with E-state index in [-0.39, 0.29) is 47.0 Å². The van der Waals surface area contributed by atoms with Crippen molar-refractivity contribution in [2.75, 3.05) is 13.1 Å². The Bertz CT molecular complexity index is 527.